The van der Waals surface area contributed by atoms with Gasteiger partial charge in [0.25, 0.3) is 0 Å². The molecule has 2 rings (SSSR count). The van der Waals surface area contributed by atoms with Gasteiger partial charge < -0.3 is 10.1 Å². The van der Waals surface area contributed by atoms with E-state index in [1.165, 1.54) is 12.7 Å². The Morgan fingerprint density at radius 3 is 3.13 bits per heavy atom. The average Bonchev–Trinajstić information content (AvgIpc) is 2.26. The van der Waals surface area contributed by atoms with Gasteiger partial charge in [-0.3, -0.25) is 0 Å². The fourth-order valence-corrected chi connectivity index (χ4v) is 2.27. The summed E-state index contributed by atoms with van der Waals surface area (Å²) in [6.07, 6.45) is 0.947. The van der Waals surface area contributed by atoms with Gasteiger partial charge in [0.1, 0.15) is 6.04 Å². The fourth-order valence-electron chi connectivity index (χ4n) is 1.86. The molecule has 1 aliphatic heterocycles. The SMILES string of the molecule is COC(=O)C1NCCc2cc(Br)ccc21. The molecule has 0 saturated carbocycles. The number of ether oxygens (including phenoxy) is 1. The van der Waals surface area contributed by atoms with Crippen LogP contribution in [0.25, 0.3) is 0 Å². The van der Waals surface area contributed by atoms with Crippen LogP contribution in [0.4, 0.5) is 0 Å². The largest absolute Gasteiger partial charge is 0.468 e. The molecule has 3 nitrogen and oxygen atoms in total. The molecule has 0 fully saturated rings. The standard InChI is InChI=1S/C11H12BrNO2/c1-15-11(14)10-9-3-2-8(12)6-7(9)4-5-13-10/h2-3,6,10,13H,4-5H2,1H3. The number of esters is 1. The maximum absolute atomic E-state index is 11.5. The number of methoxy groups -OCH3 is 1. The predicted octanol–water partition coefficient (Wildman–Crippen LogP) is 1.81. The van der Waals surface area contributed by atoms with E-state index in [1.54, 1.807) is 0 Å². The number of hydrogen-bond acceptors (Lipinski definition) is 3. The van der Waals surface area contributed by atoms with Crippen LogP contribution in [0, 0.1) is 0 Å². The van der Waals surface area contributed by atoms with Crippen LogP contribution in [0.5, 0.6) is 0 Å². The number of carbonyl (C=O) groups excluding carboxylic acids is 1. The van der Waals surface area contributed by atoms with Crippen molar-refractivity contribution in [1.29, 1.82) is 0 Å². The third-order valence-electron chi connectivity index (χ3n) is 2.60. The van der Waals surface area contributed by atoms with Gasteiger partial charge in [-0.15, -0.1) is 0 Å². The topological polar surface area (TPSA) is 38.3 Å². The van der Waals surface area contributed by atoms with Crippen molar-refractivity contribution in [3.8, 4) is 0 Å². The molecule has 80 valence electrons. The summed E-state index contributed by atoms with van der Waals surface area (Å²) in [4.78, 5) is 11.5. The Bertz CT molecular complexity index is 392. The first kappa shape index (κ1) is 10.6. The first-order chi connectivity index (χ1) is 7.22. The Hall–Kier alpha value is -0.870. The summed E-state index contributed by atoms with van der Waals surface area (Å²) >= 11 is 3.43. The van der Waals surface area contributed by atoms with E-state index in [4.69, 9.17) is 4.74 Å². The number of fused-ring (bicyclic) bond motifs is 1. The summed E-state index contributed by atoms with van der Waals surface area (Å²) in [5.41, 5.74) is 2.23. The highest BCUT2D eigenvalue weighted by atomic mass is 79.9. The van der Waals surface area contributed by atoms with E-state index in [2.05, 4.69) is 27.3 Å². The van der Waals surface area contributed by atoms with Gasteiger partial charge in [-0.25, -0.2) is 4.79 Å². The second-order valence-corrected chi connectivity index (χ2v) is 4.42. The van der Waals surface area contributed by atoms with Crippen LogP contribution >= 0.6 is 15.9 Å². The summed E-state index contributed by atoms with van der Waals surface area (Å²) in [5.74, 6) is -0.224. The van der Waals surface area contributed by atoms with Crippen molar-refractivity contribution < 1.29 is 9.53 Å². The first-order valence-corrected chi connectivity index (χ1v) is 5.61. The van der Waals surface area contributed by atoms with Gasteiger partial charge in [0.2, 0.25) is 0 Å². The lowest BCUT2D eigenvalue weighted by Crippen LogP contribution is -2.35. The molecular formula is C11H12BrNO2. The third kappa shape index (κ3) is 2.06. The molecule has 1 aromatic carbocycles. The van der Waals surface area contributed by atoms with Gasteiger partial charge in [-0.05, 0) is 29.7 Å². The van der Waals surface area contributed by atoms with Crippen molar-refractivity contribution in [2.45, 2.75) is 12.5 Å². The number of nitrogens with one attached hydrogen (secondary N) is 1. The Kier molecular flexibility index (Phi) is 3.07. The van der Waals surface area contributed by atoms with Crippen LogP contribution in [0.3, 0.4) is 0 Å². The summed E-state index contributed by atoms with van der Waals surface area (Å²) in [5, 5.41) is 3.16. The smallest absolute Gasteiger partial charge is 0.327 e. The van der Waals surface area contributed by atoms with Crippen molar-refractivity contribution in [3.63, 3.8) is 0 Å². The lowest BCUT2D eigenvalue weighted by molar-refractivity contribution is -0.143. The first-order valence-electron chi connectivity index (χ1n) is 4.82. The summed E-state index contributed by atoms with van der Waals surface area (Å²) in [6.45, 7) is 0.809. The molecule has 1 atom stereocenters. The maximum atomic E-state index is 11.5. The molecule has 0 bridgehead atoms. The van der Waals surface area contributed by atoms with Crippen molar-refractivity contribution >= 4 is 21.9 Å². The van der Waals surface area contributed by atoms with Gasteiger partial charge in [-0.2, -0.15) is 0 Å². The van der Waals surface area contributed by atoms with Crippen LogP contribution in [0.15, 0.2) is 22.7 Å². The van der Waals surface area contributed by atoms with Crippen molar-refractivity contribution in [2.75, 3.05) is 13.7 Å². The van der Waals surface area contributed by atoms with Crippen molar-refractivity contribution in [2.24, 2.45) is 0 Å². The summed E-state index contributed by atoms with van der Waals surface area (Å²) in [7, 11) is 1.41. The zero-order chi connectivity index (χ0) is 10.8. The average molecular weight is 270 g/mol. The summed E-state index contributed by atoms with van der Waals surface area (Å²) in [6, 6.07) is 5.66. The van der Waals surface area contributed by atoms with Gasteiger partial charge in [0.05, 0.1) is 7.11 Å². The fraction of sp³-hybridized carbons (Fsp3) is 0.364. The molecule has 0 spiro atoms. The number of halogens is 1. The molecular weight excluding hydrogens is 258 g/mol. The van der Waals surface area contributed by atoms with E-state index in [9.17, 15) is 4.79 Å². The lowest BCUT2D eigenvalue weighted by atomic mass is 9.94. The lowest BCUT2D eigenvalue weighted by Gasteiger charge is -2.24. The van der Waals surface area contributed by atoms with E-state index in [1.807, 2.05) is 12.1 Å². The molecule has 0 saturated heterocycles. The molecule has 0 aliphatic carbocycles. The van der Waals surface area contributed by atoms with E-state index >= 15 is 0 Å². The second kappa shape index (κ2) is 4.33. The van der Waals surface area contributed by atoms with E-state index in [0.717, 1.165) is 23.0 Å². The highest BCUT2D eigenvalue weighted by Crippen LogP contribution is 2.26. The van der Waals surface area contributed by atoms with Gasteiger partial charge in [-0.1, -0.05) is 22.0 Å². The Labute approximate surface area is 96.9 Å². The summed E-state index contributed by atoms with van der Waals surface area (Å²) < 4.78 is 5.81. The number of carbonyl (C=O) groups is 1. The molecule has 1 heterocycles. The highest BCUT2D eigenvalue weighted by Gasteiger charge is 2.26. The second-order valence-electron chi connectivity index (χ2n) is 3.50. The number of benzene rings is 1. The van der Waals surface area contributed by atoms with Gasteiger partial charge in [0.15, 0.2) is 0 Å². The van der Waals surface area contributed by atoms with E-state index in [0.29, 0.717) is 0 Å². The molecule has 15 heavy (non-hydrogen) atoms. The highest BCUT2D eigenvalue weighted by molar-refractivity contribution is 9.10. The zero-order valence-electron chi connectivity index (χ0n) is 8.42. The Balaban J connectivity index is 2.38. The quantitative estimate of drug-likeness (QED) is 0.791. The molecule has 1 N–H and O–H groups in total. The van der Waals surface area contributed by atoms with E-state index in [-0.39, 0.29) is 12.0 Å². The monoisotopic (exact) mass is 269 g/mol. The van der Waals surface area contributed by atoms with Crippen LogP contribution in [-0.2, 0) is 16.0 Å². The zero-order valence-corrected chi connectivity index (χ0v) is 10.0. The molecule has 0 amide bonds. The van der Waals surface area contributed by atoms with Crippen LogP contribution in [0.1, 0.15) is 17.2 Å². The van der Waals surface area contributed by atoms with Gasteiger partial charge >= 0.3 is 5.97 Å². The van der Waals surface area contributed by atoms with Gasteiger partial charge in [0, 0.05) is 11.0 Å². The molecule has 0 aromatic heterocycles. The number of rotatable bonds is 1. The van der Waals surface area contributed by atoms with Crippen LogP contribution in [0.2, 0.25) is 0 Å². The molecule has 4 heteroatoms. The Morgan fingerprint density at radius 2 is 2.40 bits per heavy atom. The van der Waals surface area contributed by atoms with Crippen molar-refractivity contribution in [3.05, 3.63) is 33.8 Å². The molecule has 1 unspecified atom stereocenters. The predicted molar refractivity (Wildman–Crippen MR) is 60.6 cm³/mol. The minimum atomic E-state index is -0.313. The molecule has 0 radical (unpaired) electrons. The molecule has 1 aliphatic rings. The maximum Gasteiger partial charge on any atom is 0.327 e. The number of hydrogen-bond donors (Lipinski definition) is 1. The van der Waals surface area contributed by atoms with Crippen molar-refractivity contribution in [1.82, 2.24) is 5.32 Å². The minimum absolute atomic E-state index is 0.224. The molecule has 1 aromatic rings. The minimum Gasteiger partial charge on any atom is -0.468 e. The third-order valence-corrected chi connectivity index (χ3v) is 3.09. The van der Waals surface area contributed by atoms with E-state index < -0.39 is 0 Å². The normalized spacial score (nSPS) is 19.5. The Morgan fingerprint density at radius 1 is 1.60 bits per heavy atom. The van der Waals surface area contributed by atoms with Crippen LogP contribution < -0.4 is 5.32 Å². The van der Waals surface area contributed by atoms with Crippen LogP contribution in [-0.4, -0.2) is 19.6 Å².